The summed E-state index contributed by atoms with van der Waals surface area (Å²) in [6.07, 6.45) is 0. The number of carbonyl (C=O) groups excluding carboxylic acids is 1. The lowest BCUT2D eigenvalue weighted by atomic mass is 10.2. The quantitative estimate of drug-likeness (QED) is 0.736. The minimum absolute atomic E-state index is 0.216. The number of urea groups is 1. The summed E-state index contributed by atoms with van der Waals surface area (Å²) in [5, 5.41) is 6.80. The standard InChI is InChI=1S/C19H23Cl2N3O/c1-3-24(17-6-4-5-14(2)11-17)10-9-22-19(25)23-13-15-7-8-16(20)12-18(15)21/h4-8,11-12H,3,9-10,13H2,1-2H3,(H2,22,23,25). The molecular weight excluding hydrogens is 357 g/mol. The van der Waals surface area contributed by atoms with Gasteiger partial charge in [-0.15, -0.1) is 0 Å². The summed E-state index contributed by atoms with van der Waals surface area (Å²) in [5.74, 6) is 0. The SMILES string of the molecule is CCN(CCNC(=O)NCc1ccc(Cl)cc1Cl)c1cccc(C)c1. The molecule has 25 heavy (non-hydrogen) atoms. The second-order valence-electron chi connectivity index (χ2n) is 5.76. The molecule has 0 saturated heterocycles. The smallest absolute Gasteiger partial charge is 0.315 e. The van der Waals surface area contributed by atoms with Gasteiger partial charge in [0.05, 0.1) is 0 Å². The molecule has 6 heteroatoms. The van der Waals surface area contributed by atoms with Gasteiger partial charge in [0.2, 0.25) is 0 Å². The van der Waals surface area contributed by atoms with E-state index < -0.39 is 0 Å². The van der Waals surface area contributed by atoms with E-state index in [0.717, 1.165) is 24.3 Å². The first-order valence-electron chi connectivity index (χ1n) is 8.27. The molecule has 2 rings (SSSR count). The van der Waals surface area contributed by atoms with Crippen LogP contribution in [0.4, 0.5) is 10.5 Å². The molecule has 0 aromatic heterocycles. The molecule has 2 aromatic rings. The number of anilines is 1. The van der Waals surface area contributed by atoms with Gasteiger partial charge in [0.25, 0.3) is 0 Å². The maximum atomic E-state index is 11.9. The van der Waals surface area contributed by atoms with Gasteiger partial charge in [0.1, 0.15) is 0 Å². The summed E-state index contributed by atoms with van der Waals surface area (Å²) in [6, 6.07) is 13.4. The predicted octanol–water partition coefficient (Wildman–Crippen LogP) is 4.63. The summed E-state index contributed by atoms with van der Waals surface area (Å²) >= 11 is 12.0. The Kier molecular flexibility index (Phi) is 7.41. The monoisotopic (exact) mass is 379 g/mol. The average molecular weight is 380 g/mol. The Morgan fingerprint density at radius 2 is 1.92 bits per heavy atom. The van der Waals surface area contributed by atoms with Crippen LogP contribution < -0.4 is 15.5 Å². The third-order valence-electron chi connectivity index (χ3n) is 3.87. The number of benzene rings is 2. The molecule has 0 radical (unpaired) electrons. The van der Waals surface area contributed by atoms with Crippen LogP contribution in [0.1, 0.15) is 18.1 Å². The normalized spacial score (nSPS) is 10.4. The van der Waals surface area contributed by atoms with Gasteiger partial charge in [-0.3, -0.25) is 0 Å². The fourth-order valence-corrected chi connectivity index (χ4v) is 2.98. The molecule has 134 valence electrons. The molecule has 4 nitrogen and oxygen atoms in total. The van der Waals surface area contributed by atoms with E-state index in [2.05, 4.69) is 47.6 Å². The van der Waals surface area contributed by atoms with Crippen molar-refractivity contribution in [1.29, 1.82) is 0 Å². The number of amides is 2. The minimum Gasteiger partial charge on any atom is -0.370 e. The van der Waals surface area contributed by atoms with Gasteiger partial charge in [-0.2, -0.15) is 0 Å². The summed E-state index contributed by atoms with van der Waals surface area (Å²) in [6.45, 7) is 6.72. The highest BCUT2D eigenvalue weighted by Gasteiger charge is 2.07. The van der Waals surface area contributed by atoms with Gasteiger partial charge in [-0.05, 0) is 49.2 Å². The van der Waals surface area contributed by atoms with E-state index in [-0.39, 0.29) is 6.03 Å². The van der Waals surface area contributed by atoms with Gasteiger partial charge in [-0.25, -0.2) is 4.79 Å². The third kappa shape index (κ3) is 6.15. The van der Waals surface area contributed by atoms with Crippen molar-refractivity contribution in [3.05, 3.63) is 63.6 Å². The first kappa shape index (κ1) is 19.4. The van der Waals surface area contributed by atoms with Gasteiger partial charge in [-0.1, -0.05) is 41.4 Å². The molecule has 0 unspecified atom stereocenters. The van der Waals surface area contributed by atoms with Crippen LogP contribution in [0.25, 0.3) is 0 Å². The van der Waals surface area contributed by atoms with Crippen molar-refractivity contribution in [2.75, 3.05) is 24.5 Å². The average Bonchev–Trinajstić information content (AvgIpc) is 2.58. The van der Waals surface area contributed by atoms with Crippen molar-refractivity contribution in [3.8, 4) is 0 Å². The lowest BCUT2D eigenvalue weighted by molar-refractivity contribution is 0.240. The summed E-state index contributed by atoms with van der Waals surface area (Å²) < 4.78 is 0. The van der Waals surface area contributed by atoms with Crippen molar-refractivity contribution in [2.45, 2.75) is 20.4 Å². The zero-order chi connectivity index (χ0) is 18.2. The number of hydrogen-bond acceptors (Lipinski definition) is 2. The Morgan fingerprint density at radius 1 is 1.12 bits per heavy atom. The van der Waals surface area contributed by atoms with Crippen LogP contribution in [0, 0.1) is 6.92 Å². The zero-order valence-corrected chi connectivity index (χ0v) is 16.0. The molecule has 0 aliphatic rings. The molecule has 0 aliphatic carbocycles. The number of carbonyl (C=O) groups is 1. The minimum atomic E-state index is -0.216. The van der Waals surface area contributed by atoms with Gasteiger partial charge in [0, 0.05) is 41.9 Å². The largest absolute Gasteiger partial charge is 0.370 e. The first-order valence-corrected chi connectivity index (χ1v) is 9.02. The van der Waals surface area contributed by atoms with Crippen LogP contribution in [-0.4, -0.2) is 25.7 Å². The number of aryl methyl sites for hydroxylation is 1. The van der Waals surface area contributed by atoms with Gasteiger partial charge in [0.15, 0.2) is 0 Å². The van der Waals surface area contributed by atoms with Crippen LogP contribution >= 0.6 is 23.2 Å². The number of likely N-dealkylation sites (N-methyl/N-ethyl adjacent to an activating group) is 1. The van der Waals surface area contributed by atoms with E-state index in [1.54, 1.807) is 12.1 Å². The fourth-order valence-electron chi connectivity index (χ4n) is 2.50. The maximum absolute atomic E-state index is 11.9. The van der Waals surface area contributed by atoms with Crippen LogP contribution in [0.2, 0.25) is 10.0 Å². The third-order valence-corrected chi connectivity index (χ3v) is 4.46. The maximum Gasteiger partial charge on any atom is 0.315 e. The second kappa shape index (κ2) is 9.54. The van der Waals surface area contributed by atoms with Crippen LogP contribution in [0.3, 0.4) is 0 Å². The Bertz CT molecular complexity index is 722. The van der Waals surface area contributed by atoms with E-state index in [9.17, 15) is 4.79 Å². The van der Waals surface area contributed by atoms with Crippen molar-refractivity contribution >= 4 is 34.9 Å². The molecule has 2 aromatic carbocycles. The number of halogens is 2. The molecule has 0 spiro atoms. The van der Waals surface area contributed by atoms with Crippen LogP contribution in [0.5, 0.6) is 0 Å². The highest BCUT2D eigenvalue weighted by molar-refractivity contribution is 6.35. The number of nitrogens with one attached hydrogen (secondary N) is 2. The lowest BCUT2D eigenvalue weighted by Crippen LogP contribution is -2.40. The molecule has 0 saturated carbocycles. The zero-order valence-electron chi connectivity index (χ0n) is 14.5. The van der Waals surface area contributed by atoms with Crippen LogP contribution in [0.15, 0.2) is 42.5 Å². The van der Waals surface area contributed by atoms with Gasteiger partial charge < -0.3 is 15.5 Å². The molecule has 0 atom stereocenters. The van der Waals surface area contributed by atoms with Gasteiger partial charge >= 0.3 is 6.03 Å². The Morgan fingerprint density at radius 3 is 2.60 bits per heavy atom. The highest BCUT2D eigenvalue weighted by atomic mass is 35.5. The van der Waals surface area contributed by atoms with Crippen molar-refractivity contribution in [1.82, 2.24) is 10.6 Å². The Balaban J connectivity index is 1.77. The number of hydrogen-bond donors (Lipinski definition) is 2. The van der Waals surface area contributed by atoms with E-state index >= 15 is 0 Å². The molecular formula is C19H23Cl2N3O. The van der Waals surface area contributed by atoms with Crippen molar-refractivity contribution < 1.29 is 4.79 Å². The summed E-state index contributed by atoms with van der Waals surface area (Å²) in [4.78, 5) is 14.2. The summed E-state index contributed by atoms with van der Waals surface area (Å²) in [5.41, 5.74) is 3.22. The lowest BCUT2D eigenvalue weighted by Gasteiger charge is -2.23. The molecule has 0 bridgehead atoms. The van der Waals surface area contributed by atoms with E-state index in [0.29, 0.717) is 23.1 Å². The fraction of sp³-hybridized carbons (Fsp3) is 0.316. The highest BCUT2D eigenvalue weighted by Crippen LogP contribution is 2.20. The second-order valence-corrected chi connectivity index (χ2v) is 6.61. The van der Waals surface area contributed by atoms with Crippen molar-refractivity contribution in [3.63, 3.8) is 0 Å². The topological polar surface area (TPSA) is 44.4 Å². The molecule has 2 N–H and O–H groups in total. The summed E-state index contributed by atoms with van der Waals surface area (Å²) in [7, 11) is 0. The Hall–Kier alpha value is -1.91. The number of rotatable bonds is 7. The molecule has 0 aliphatic heterocycles. The Labute approximate surface area is 159 Å². The predicted molar refractivity (Wildman–Crippen MR) is 106 cm³/mol. The number of nitrogens with zero attached hydrogens (tertiary/aromatic N) is 1. The first-order chi connectivity index (χ1) is 12.0. The van der Waals surface area contributed by atoms with Crippen LogP contribution in [-0.2, 0) is 6.54 Å². The molecule has 0 fully saturated rings. The van der Waals surface area contributed by atoms with E-state index in [1.807, 2.05) is 12.1 Å². The van der Waals surface area contributed by atoms with E-state index in [1.165, 1.54) is 5.56 Å². The van der Waals surface area contributed by atoms with E-state index in [4.69, 9.17) is 23.2 Å². The molecule has 2 amide bonds. The molecule has 0 heterocycles. The van der Waals surface area contributed by atoms with Crippen molar-refractivity contribution in [2.24, 2.45) is 0 Å².